The molecule has 1 aromatic rings. The number of ether oxygens (including phenoxy) is 2. The van der Waals surface area contributed by atoms with Crippen LogP contribution in [0.5, 0.6) is 0 Å². The number of aliphatic hydroxyl groups is 1. The van der Waals surface area contributed by atoms with E-state index in [0.29, 0.717) is 31.2 Å². The third-order valence-corrected chi connectivity index (χ3v) is 4.99. The van der Waals surface area contributed by atoms with Gasteiger partial charge in [-0.15, -0.1) is 0 Å². The van der Waals surface area contributed by atoms with Gasteiger partial charge >= 0.3 is 0 Å². The average Bonchev–Trinajstić information content (AvgIpc) is 2.67. The van der Waals surface area contributed by atoms with Crippen LogP contribution in [0.25, 0.3) is 0 Å². The Balaban J connectivity index is 2.03. The lowest BCUT2D eigenvalue weighted by atomic mass is 9.78. The summed E-state index contributed by atoms with van der Waals surface area (Å²) in [4.78, 5) is 12.6. The van der Waals surface area contributed by atoms with Gasteiger partial charge in [-0.25, -0.2) is 0 Å². The molecule has 2 rings (SSSR count). The third-order valence-electron chi connectivity index (χ3n) is 4.99. The van der Waals surface area contributed by atoms with Crippen molar-refractivity contribution in [3.8, 4) is 0 Å². The first kappa shape index (κ1) is 21.5. The Hall–Kier alpha value is -1.85. The van der Waals surface area contributed by atoms with Crippen LogP contribution >= 0.6 is 0 Å². The molecule has 5 nitrogen and oxygen atoms in total. The van der Waals surface area contributed by atoms with Crippen LogP contribution in [0.2, 0.25) is 0 Å². The molecule has 0 aliphatic carbocycles. The Morgan fingerprint density at radius 1 is 1.30 bits per heavy atom. The Bertz CT molecular complexity index is 600. The van der Waals surface area contributed by atoms with Gasteiger partial charge in [-0.2, -0.15) is 0 Å². The molecule has 1 aliphatic rings. The highest BCUT2D eigenvalue weighted by Crippen LogP contribution is 2.36. The second kappa shape index (κ2) is 11.1. The van der Waals surface area contributed by atoms with Crippen LogP contribution in [0.3, 0.4) is 0 Å². The molecule has 0 aromatic heterocycles. The highest BCUT2D eigenvalue weighted by atomic mass is 16.7. The van der Waals surface area contributed by atoms with Gasteiger partial charge in [-0.05, 0) is 49.7 Å². The number of nitrogens with one attached hydrogen (secondary N) is 1. The molecular weight excluding hydrogens is 342 g/mol. The molecule has 0 unspecified atom stereocenters. The zero-order valence-electron chi connectivity index (χ0n) is 16.7. The summed E-state index contributed by atoms with van der Waals surface area (Å²) in [5, 5.41) is 12.2. The lowest BCUT2D eigenvalue weighted by Crippen LogP contribution is -2.41. The molecule has 150 valence electrons. The number of allylic oxidation sites excluding steroid dienone is 1. The SMILES string of the molecule is CCO[C@H]1OC(C(=O)NCCc2ccccc2)=C[C@@H](C(C)C)[C@@H]1CCCO. The van der Waals surface area contributed by atoms with Gasteiger partial charge in [0.2, 0.25) is 6.29 Å². The van der Waals surface area contributed by atoms with E-state index >= 15 is 0 Å². The molecule has 27 heavy (non-hydrogen) atoms. The maximum Gasteiger partial charge on any atom is 0.286 e. The van der Waals surface area contributed by atoms with Gasteiger partial charge in [0, 0.05) is 25.7 Å². The molecule has 0 spiro atoms. The fraction of sp³-hybridized carbons (Fsp3) is 0.591. The van der Waals surface area contributed by atoms with Gasteiger partial charge in [-0.1, -0.05) is 44.2 Å². The largest absolute Gasteiger partial charge is 0.459 e. The summed E-state index contributed by atoms with van der Waals surface area (Å²) >= 11 is 0. The van der Waals surface area contributed by atoms with Crippen molar-refractivity contribution >= 4 is 5.91 Å². The molecule has 3 atom stereocenters. The summed E-state index contributed by atoms with van der Waals surface area (Å²) in [5.41, 5.74) is 1.19. The highest BCUT2D eigenvalue weighted by molar-refractivity contribution is 5.91. The third kappa shape index (κ3) is 6.36. The fourth-order valence-electron chi connectivity index (χ4n) is 3.58. The van der Waals surface area contributed by atoms with Gasteiger partial charge in [-0.3, -0.25) is 4.79 Å². The molecule has 0 radical (unpaired) electrons. The summed E-state index contributed by atoms with van der Waals surface area (Å²) in [6.07, 6.45) is 3.78. The molecule has 1 aliphatic heterocycles. The van der Waals surface area contributed by atoms with Crippen molar-refractivity contribution in [1.82, 2.24) is 5.32 Å². The van der Waals surface area contributed by atoms with E-state index in [0.717, 1.165) is 12.8 Å². The molecule has 2 N–H and O–H groups in total. The molecule has 1 heterocycles. The van der Waals surface area contributed by atoms with Crippen LogP contribution in [-0.2, 0) is 20.7 Å². The number of benzene rings is 1. The molecule has 1 amide bonds. The smallest absolute Gasteiger partial charge is 0.286 e. The van der Waals surface area contributed by atoms with E-state index in [9.17, 15) is 9.90 Å². The maximum absolute atomic E-state index is 12.6. The van der Waals surface area contributed by atoms with Gasteiger partial charge in [0.05, 0.1) is 0 Å². The van der Waals surface area contributed by atoms with Gasteiger partial charge in [0.1, 0.15) is 0 Å². The van der Waals surface area contributed by atoms with Gasteiger partial charge < -0.3 is 19.9 Å². The average molecular weight is 376 g/mol. The molecule has 5 heteroatoms. The summed E-state index contributed by atoms with van der Waals surface area (Å²) in [5.74, 6) is 0.824. The quantitative estimate of drug-likeness (QED) is 0.659. The minimum atomic E-state index is -0.450. The second-order valence-corrected chi connectivity index (χ2v) is 7.32. The number of rotatable bonds is 10. The van der Waals surface area contributed by atoms with E-state index in [1.54, 1.807) is 0 Å². The topological polar surface area (TPSA) is 67.8 Å². The van der Waals surface area contributed by atoms with Crippen molar-refractivity contribution in [2.24, 2.45) is 17.8 Å². The maximum atomic E-state index is 12.6. The number of aliphatic hydroxyl groups excluding tert-OH is 1. The first-order valence-corrected chi connectivity index (χ1v) is 9.99. The van der Waals surface area contributed by atoms with Crippen molar-refractivity contribution in [2.45, 2.75) is 46.3 Å². The zero-order valence-corrected chi connectivity index (χ0v) is 16.7. The highest BCUT2D eigenvalue weighted by Gasteiger charge is 2.38. The first-order valence-electron chi connectivity index (χ1n) is 9.99. The van der Waals surface area contributed by atoms with Gasteiger partial charge in [0.25, 0.3) is 5.91 Å². The fourth-order valence-corrected chi connectivity index (χ4v) is 3.58. The Labute approximate surface area is 162 Å². The molecule has 0 saturated carbocycles. The van der Waals surface area contributed by atoms with E-state index in [1.807, 2.05) is 43.3 Å². The number of carbonyl (C=O) groups is 1. The Kier molecular flexibility index (Phi) is 8.82. The number of carbonyl (C=O) groups excluding carboxylic acids is 1. The predicted molar refractivity (Wildman–Crippen MR) is 106 cm³/mol. The number of amides is 1. The lowest BCUT2D eigenvalue weighted by molar-refractivity contribution is -0.175. The zero-order chi connectivity index (χ0) is 19.6. The molecule has 0 fully saturated rings. The summed E-state index contributed by atoms with van der Waals surface area (Å²) in [7, 11) is 0. The summed E-state index contributed by atoms with van der Waals surface area (Å²) < 4.78 is 11.7. The lowest BCUT2D eigenvalue weighted by Gasteiger charge is -2.38. The molecule has 0 bridgehead atoms. The minimum Gasteiger partial charge on any atom is -0.459 e. The van der Waals surface area contributed by atoms with Crippen molar-refractivity contribution in [3.63, 3.8) is 0 Å². The van der Waals surface area contributed by atoms with Crippen LogP contribution in [0.1, 0.15) is 39.2 Å². The predicted octanol–water partition coefficient (Wildman–Crippen LogP) is 3.28. The van der Waals surface area contributed by atoms with Crippen molar-refractivity contribution in [2.75, 3.05) is 19.8 Å². The van der Waals surface area contributed by atoms with Gasteiger partial charge in [0.15, 0.2) is 5.76 Å². The van der Waals surface area contributed by atoms with E-state index in [-0.39, 0.29) is 24.3 Å². The Morgan fingerprint density at radius 3 is 2.67 bits per heavy atom. The minimum absolute atomic E-state index is 0.137. The molecular formula is C22H33NO4. The first-order chi connectivity index (χ1) is 13.1. The van der Waals surface area contributed by atoms with Crippen LogP contribution in [-0.4, -0.2) is 37.1 Å². The van der Waals surface area contributed by atoms with E-state index < -0.39 is 6.29 Å². The van der Waals surface area contributed by atoms with Crippen molar-refractivity contribution in [3.05, 3.63) is 47.7 Å². The van der Waals surface area contributed by atoms with Crippen LogP contribution in [0.15, 0.2) is 42.2 Å². The van der Waals surface area contributed by atoms with E-state index in [4.69, 9.17) is 9.47 Å². The molecule has 0 saturated heterocycles. The van der Waals surface area contributed by atoms with Crippen LogP contribution < -0.4 is 5.32 Å². The van der Waals surface area contributed by atoms with E-state index in [2.05, 4.69) is 19.2 Å². The normalized spacial score (nSPS) is 22.3. The Morgan fingerprint density at radius 2 is 2.04 bits per heavy atom. The summed E-state index contributed by atoms with van der Waals surface area (Å²) in [6, 6.07) is 10.1. The standard InChI is InChI=1S/C22H33NO4/c1-4-26-22-18(11-8-14-24)19(16(2)3)15-20(27-22)21(25)23-13-12-17-9-6-5-7-10-17/h5-7,9-10,15-16,18-19,22,24H,4,8,11-14H2,1-3H3,(H,23,25)/t18-,19-,22-/m0/s1. The van der Waals surface area contributed by atoms with Crippen LogP contribution in [0.4, 0.5) is 0 Å². The van der Waals surface area contributed by atoms with Crippen molar-refractivity contribution < 1.29 is 19.4 Å². The van der Waals surface area contributed by atoms with Crippen LogP contribution in [0, 0.1) is 17.8 Å². The van der Waals surface area contributed by atoms with Crippen molar-refractivity contribution in [1.29, 1.82) is 0 Å². The molecule has 1 aromatic carbocycles. The number of hydrogen-bond donors (Lipinski definition) is 2. The monoisotopic (exact) mass is 375 g/mol. The second-order valence-electron chi connectivity index (χ2n) is 7.32. The summed E-state index contributed by atoms with van der Waals surface area (Å²) in [6.45, 7) is 7.45. The van der Waals surface area contributed by atoms with E-state index in [1.165, 1.54) is 5.56 Å². The number of hydrogen-bond acceptors (Lipinski definition) is 4.